The second-order valence-corrected chi connectivity index (χ2v) is 7.26. The Kier molecular flexibility index (Phi) is 6.92. The Balaban J connectivity index is 0.00000156. The van der Waals surface area contributed by atoms with E-state index >= 15 is 0 Å². The summed E-state index contributed by atoms with van der Waals surface area (Å²) in [5, 5.41) is 9.61. The van der Waals surface area contributed by atoms with Crippen LogP contribution >= 0.6 is 0 Å². The van der Waals surface area contributed by atoms with Gasteiger partial charge in [0.2, 0.25) is 0 Å². The van der Waals surface area contributed by atoms with Crippen LogP contribution in [0.4, 0.5) is 0 Å². The number of H-pyrrole nitrogens is 1. The Morgan fingerprint density at radius 1 is 0.800 bits per heavy atom. The van der Waals surface area contributed by atoms with E-state index in [1.165, 1.54) is 24.3 Å². The quantitative estimate of drug-likeness (QED) is 0.352. The van der Waals surface area contributed by atoms with Crippen molar-refractivity contribution in [1.82, 2.24) is 15.4 Å². The van der Waals surface area contributed by atoms with Crippen LogP contribution in [0.5, 0.6) is 0 Å². The van der Waals surface area contributed by atoms with Gasteiger partial charge in [-0.2, -0.15) is 15.4 Å². The van der Waals surface area contributed by atoms with Gasteiger partial charge < -0.3 is 9.11 Å². The molecule has 1 aromatic heterocycles. The van der Waals surface area contributed by atoms with Gasteiger partial charge in [0.05, 0.1) is 9.79 Å². The molecule has 1 heterocycles. The molecule has 13 heteroatoms. The fraction of sp³-hybridized carbons (Fsp3) is 0. The molecule has 0 aliphatic carbocycles. The minimum absolute atomic E-state index is 0. The number of aromatic nitrogens is 3. The summed E-state index contributed by atoms with van der Waals surface area (Å²) < 4.78 is 67.5. The van der Waals surface area contributed by atoms with Gasteiger partial charge in [0.15, 0.2) is 0 Å². The SMILES string of the molecule is O=S(=O)([O-])c1ccc(-c2ccc3n[nH]nc3c2S(=O)(=O)[O-])cc1.[Ag+].[Ag+]. The van der Waals surface area contributed by atoms with Crippen LogP contribution in [0.3, 0.4) is 0 Å². The Morgan fingerprint density at radius 2 is 1.40 bits per heavy atom. The molecule has 2 aromatic carbocycles. The van der Waals surface area contributed by atoms with E-state index in [0.717, 1.165) is 12.1 Å². The van der Waals surface area contributed by atoms with Crippen molar-refractivity contribution in [2.24, 2.45) is 0 Å². The molecule has 0 amide bonds. The van der Waals surface area contributed by atoms with E-state index in [9.17, 15) is 25.9 Å². The van der Waals surface area contributed by atoms with Crippen molar-refractivity contribution < 1.29 is 70.7 Å². The molecule has 9 nitrogen and oxygen atoms in total. The Labute approximate surface area is 173 Å². The summed E-state index contributed by atoms with van der Waals surface area (Å²) in [7, 11) is -9.49. The molecule has 0 aliphatic heterocycles. The second-order valence-electron chi connectivity index (χ2n) is 4.57. The third-order valence-electron chi connectivity index (χ3n) is 3.15. The number of nitrogens with zero attached hydrogens (tertiary/aromatic N) is 2. The number of hydrogen-bond donors (Lipinski definition) is 1. The number of hydrogen-bond acceptors (Lipinski definition) is 8. The summed E-state index contributed by atoms with van der Waals surface area (Å²) >= 11 is 0. The topological polar surface area (TPSA) is 156 Å². The largest absolute Gasteiger partial charge is 1.00 e. The normalized spacial score (nSPS) is 11.6. The van der Waals surface area contributed by atoms with Crippen LogP contribution in [-0.4, -0.2) is 41.4 Å². The van der Waals surface area contributed by atoms with Crippen molar-refractivity contribution in [3.8, 4) is 11.1 Å². The fourth-order valence-corrected chi connectivity index (χ4v) is 3.48. The van der Waals surface area contributed by atoms with Crippen molar-refractivity contribution in [2.45, 2.75) is 9.79 Å². The Morgan fingerprint density at radius 3 is 1.92 bits per heavy atom. The molecule has 0 atom stereocenters. The van der Waals surface area contributed by atoms with E-state index in [4.69, 9.17) is 0 Å². The van der Waals surface area contributed by atoms with Gasteiger partial charge in [-0.25, -0.2) is 16.8 Å². The van der Waals surface area contributed by atoms with E-state index in [1.807, 2.05) is 0 Å². The maximum atomic E-state index is 11.6. The molecule has 0 fully saturated rings. The standard InChI is InChI=1S/C12H9N3O6S2.2Ag/c16-22(17,18)8-3-1-7(2-4-8)9-5-6-10-11(14-15-13-10)12(9)23(19,20)21;;/h1-6H,(H,13,14,15)(H,16,17,18)(H,19,20,21);;/q;2*+1/p-2. The molecule has 0 radical (unpaired) electrons. The van der Waals surface area contributed by atoms with Gasteiger partial charge in [-0.05, 0) is 23.8 Å². The summed E-state index contributed by atoms with van der Waals surface area (Å²) in [5.74, 6) is 0. The smallest absolute Gasteiger partial charge is 0.744 e. The second kappa shape index (κ2) is 7.80. The van der Waals surface area contributed by atoms with Crippen molar-refractivity contribution in [3.05, 3.63) is 36.4 Å². The summed E-state index contributed by atoms with van der Waals surface area (Å²) in [5.41, 5.74) is 0.368. The van der Waals surface area contributed by atoms with Crippen LogP contribution in [0.2, 0.25) is 0 Å². The molecule has 25 heavy (non-hydrogen) atoms. The first kappa shape index (κ1) is 22.2. The number of benzene rings is 2. The summed E-state index contributed by atoms with van der Waals surface area (Å²) in [6.07, 6.45) is 0. The van der Waals surface area contributed by atoms with E-state index in [1.54, 1.807) is 0 Å². The van der Waals surface area contributed by atoms with E-state index in [2.05, 4.69) is 15.4 Å². The minimum Gasteiger partial charge on any atom is -0.744 e. The monoisotopic (exact) mass is 567 g/mol. The van der Waals surface area contributed by atoms with Gasteiger partial charge in [-0.1, -0.05) is 18.2 Å². The average Bonchev–Trinajstić information content (AvgIpc) is 2.92. The van der Waals surface area contributed by atoms with Crippen molar-refractivity contribution in [3.63, 3.8) is 0 Å². The molecule has 0 aliphatic rings. The summed E-state index contributed by atoms with van der Waals surface area (Å²) in [4.78, 5) is -1.03. The van der Waals surface area contributed by atoms with Gasteiger partial charge in [0.25, 0.3) is 0 Å². The minimum atomic E-state index is -4.87. The van der Waals surface area contributed by atoms with Crippen molar-refractivity contribution >= 4 is 31.3 Å². The number of fused-ring (bicyclic) bond motifs is 1. The maximum Gasteiger partial charge on any atom is 1.00 e. The zero-order valence-electron chi connectivity index (χ0n) is 11.7. The average molecular weight is 569 g/mol. The third kappa shape index (κ3) is 4.46. The van der Waals surface area contributed by atoms with Crippen LogP contribution < -0.4 is 0 Å². The Hall–Kier alpha value is -0.859. The van der Waals surface area contributed by atoms with Crippen LogP contribution in [-0.2, 0) is 65.0 Å². The Bertz CT molecular complexity index is 1110. The summed E-state index contributed by atoms with van der Waals surface area (Å²) in [6, 6.07) is 7.36. The van der Waals surface area contributed by atoms with Gasteiger partial charge in [-0.15, -0.1) is 0 Å². The van der Waals surface area contributed by atoms with Crippen molar-refractivity contribution in [2.75, 3.05) is 0 Å². The van der Waals surface area contributed by atoms with Gasteiger partial charge in [0.1, 0.15) is 31.3 Å². The molecule has 3 aromatic rings. The van der Waals surface area contributed by atoms with Gasteiger partial charge in [0, 0.05) is 5.56 Å². The van der Waals surface area contributed by atoms with Crippen LogP contribution in [0.1, 0.15) is 0 Å². The zero-order chi connectivity index (χ0) is 16.8. The molecule has 140 valence electrons. The zero-order valence-corrected chi connectivity index (χ0v) is 16.3. The molecule has 1 N–H and O–H groups in total. The predicted molar refractivity (Wildman–Crippen MR) is 75.3 cm³/mol. The molecular formula is C12H7Ag2N3O6S2. The van der Waals surface area contributed by atoms with E-state index in [-0.39, 0.29) is 66.9 Å². The molecule has 0 spiro atoms. The first-order valence-electron chi connectivity index (χ1n) is 6.03. The molecule has 0 saturated carbocycles. The van der Waals surface area contributed by atoms with E-state index in [0.29, 0.717) is 0 Å². The van der Waals surface area contributed by atoms with Crippen molar-refractivity contribution in [1.29, 1.82) is 0 Å². The maximum absolute atomic E-state index is 11.6. The molecule has 0 saturated heterocycles. The van der Waals surface area contributed by atoms with E-state index < -0.39 is 30.0 Å². The van der Waals surface area contributed by atoms with Gasteiger partial charge >= 0.3 is 44.8 Å². The fourth-order valence-electron chi connectivity index (χ4n) is 2.17. The number of nitrogens with one attached hydrogen (secondary N) is 1. The molecular weight excluding hydrogens is 562 g/mol. The molecule has 0 unspecified atom stereocenters. The first-order chi connectivity index (χ1) is 10.7. The predicted octanol–water partition coefficient (Wildman–Crippen LogP) is 0.428. The number of rotatable bonds is 3. The van der Waals surface area contributed by atoms with Crippen LogP contribution in [0, 0.1) is 0 Å². The number of aromatic amines is 1. The molecule has 0 bridgehead atoms. The van der Waals surface area contributed by atoms with Crippen LogP contribution in [0.15, 0.2) is 46.2 Å². The summed E-state index contributed by atoms with van der Waals surface area (Å²) in [6.45, 7) is 0. The third-order valence-corrected chi connectivity index (χ3v) is 4.91. The van der Waals surface area contributed by atoms with Gasteiger partial charge in [-0.3, -0.25) is 0 Å². The van der Waals surface area contributed by atoms with Crippen LogP contribution in [0.25, 0.3) is 22.2 Å². The molecule has 3 rings (SSSR count). The first-order valence-corrected chi connectivity index (χ1v) is 8.85.